The Kier molecular flexibility index (Phi) is 2.19. The molecule has 0 heterocycles. The molecule has 2 N–H and O–H groups in total. The summed E-state index contributed by atoms with van der Waals surface area (Å²) in [5, 5.41) is 5.45. The van der Waals surface area contributed by atoms with E-state index in [1.54, 1.807) is 0 Å². The average molecular weight is 92.5 g/mol. The smallest absolute Gasteiger partial charge is 0.241 e. The number of rotatable bonds is 1. The third-order valence-corrected chi connectivity index (χ3v) is 0.605. The van der Waals surface area contributed by atoms with Crippen molar-refractivity contribution < 1.29 is 5.41 Å². The molecular formula is C3H7ClN+. The van der Waals surface area contributed by atoms with E-state index in [0.29, 0.717) is 5.17 Å². The molecule has 0 rings (SSSR count). The molecule has 0 radical (unpaired) electrons. The second-order valence-corrected chi connectivity index (χ2v) is 1.29. The second kappa shape index (κ2) is 2.21. The lowest BCUT2D eigenvalue weighted by Crippen LogP contribution is -2.35. The highest BCUT2D eigenvalue weighted by atomic mass is 35.5. The van der Waals surface area contributed by atoms with Gasteiger partial charge in [0.05, 0.1) is 0 Å². The molecule has 0 aromatic carbocycles. The summed E-state index contributed by atoms with van der Waals surface area (Å²) in [6, 6.07) is 0. The quantitative estimate of drug-likeness (QED) is 0.434. The zero-order valence-electron chi connectivity index (χ0n) is 3.16. The Morgan fingerprint density at radius 2 is 2.20 bits per heavy atom. The molecule has 0 saturated heterocycles. The van der Waals surface area contributed by atoms with Crippen LogP contribution >= 0.6 is 11.6 Å². The molecule has 0 aliphatic carbocycles. The lowest BCUT2D eigenvalue weighted by atomic mass is 10.5. The second-order valence-electron chi connectivity index (χ2n) is 0.800. The largest absolute Gasteiger partial charge is 0.248 e. The predicted octanol–water partition coefficient (Wildman–Crippen LogP) is -0.207. The highest BCUT2D eigenvalue weighted by Crippen LogP contribution is 1.77. The van der Waals surface area contributed by atoms with E-state index in [4.69, 9.17) is 17.0 Å². The van der Waals surface area contributed by atoms with E-state index in [1.165, 1.54) is 0 Å². The molecule has 0 aromatic heterocycles. The number of hydrogen-bond donors (Lipinski definition) is 1. The molecular weight excluding hydrogens is 85.5 g/mol. The molecule has 0 aliphatic heterocycles. The standard InChI is InChI=1S/C3H6ClN/c1-2-3(4)5/h5H,2H2,1H3/p+1. The van der Waals surface area contributed by atoms with E-state index >= 15 is 0 Å². The molecule has 0 aliphatic rings. The molecule has 0 aromatic rings. The van der Waals surface area contributed by atoms with Gasteiger partial charge < -0.3 is 0 Å². The fraction of sp³-hybridized carbons (Fsp3) is 0.667. The summed E-state index contributed by atoms with van der Waals surface area (Å²) >= 11 is 5.16. The molecule has 0 saturated carbocycles. The predicted molar refractivity (Wildman–Crippen MR) is 23.1 cm³/mol. The average Bonchev–Trinajstić information content (AvgIpc) is 1.38. The van der Waals surface area contributed by atoms with Crippen LogP contribution in [0.15, 0.2) is 0 Å². The Labute approximate surface area is 36.5 Å². The third kappa shape index (κ3) is 3.96. The van der Waals surface area contributed by atoms with E-state index in [2.05, 4.69) is 0 Å². The summed E-state index contributed by atoms with van der Waals surface area (Å²) < 4.78 is 0. The van der Waals surface area contributed by atoms with Gasteiger partial charge in [0.2, 0.25) is 5.17 Å². The van der Waals surface area contributed by atoms with Gasteiger partial charge in [-0.2, -0.15) is 0 Å². The van der Waals surface area contributed by atoms with Crippen molar-refractivity contribution in [3.05, 3.63) is 0 Å². The van der Waals surface area contributed by atoms with E-state index in [1.807, 2.05) is 6.92 Å². The number of nitrogens with two attached hydrogens (primary N) is 1. The minimum absolute atomic E-state index is 0.477. The van der Waals surface area contributed by atoms with Gasteiger partial charge in [0, 0.05) is 6.42 Å². The molecule has 0 spiro atoms. The van der Waals surface area contributed by atoms with Crippen molar-refractivity contribution in [2.75, 3.05) is 0 Å². The van der Waals surface area contributed by atoms with Crippen molar-refractivity contribution in [3.8, 4) is 0 Å². The highest BCUT2D eigenvalue weighted by molar-refractivity contribution is 6.63. The molecule has 0 amide bonds. The summed E-state index contributed by atoms with van der Waals surface area (Å²) in [6.45, 7) is 1.91. The Balaban J connectivity index is 2.85. The van der Waals surface area contributed by atoms with Gasteiger partial charge in [-0.1, -0.05) is 6.92 Å². The molecule has 0 atom stereocenters. The SMILES string of the molecule is CCC(=[NH2+])Cl. The summed E-state index contributed by atoms with van der Waals surface area (Å²) in [6.07, 6.45) is 0.765. The minimum atomic E-state index is 0.477. The van der Waals surface area contributed by atoms with Crippen molar-refractivity contribution in [1.29, 1.82) is 0 Å². The molecule has 1 nitrogen and oxygen atoms in total. The van der Waals surface area contributed by atoms with E-state index in [-0.39, 0.29) is 0 Å². The molecule has 5 heavy (non-hydrogen) atoms. The van der Waals surface area contributed by atoms with Gasteiger partial charge in [-0.3, -0.25) is 0 Å². The van der Waals surface area contributed by atoms with E-state index in [9.17, 15) is 0 Å². The Hall–Kier alpha value is -0.0400. The van der Waals surface area contributed by atoms with Gasteiger partial charge in [-0.25, -0.2) is 5.41 Å². The van der Waals surface area contributed by atoms with Crippen molar-refractivity contribution in [3.63, 3.8) is 0 Å². The van der Waals surface area contributed by atoms with Gasteiger partial charge in [0.25, 0.3) is 0 Å². The highest BCUT2D eigenvalue weighted by Gasteiger charge is 1.83. The summed E-state index contributed by atoms with van der Waals surface area (Å²) in [4.78, 5) is 0. The van der Waals surface area contributed by atoms with Crippen LogP contribution in [0.5, 0.6) is 0 Å². The normalized spacial score (nSPS) is 7.60. The van der Waals surface area contributed by atoms with Crippen LogP contribution in [-0.4, -0.2) is 5.17 Å². The van der Waals surface area contributed by atoms with Crippen LogP contribution in [0, 0.1) is 0 Å². The lowest BCUT2D eigenvalue weighted by molar-refractivity contribution is -0.111. The fourth-order valence-corrected chi connectivity index (χ4v) is 0. The molecule has 0 fully saturated rings. The number of halogens is 1. The molecule has 2 heteroatoms. The van der Waals surface area contributed by atoms with Gasteiger partial charge in [0.1, 0.15) is 0 Å². The first kappa shape index (κ1) is 4.96. The van der Waals surface area contributed by atoms with Crippen LogP contribution in [0.3, 0.4) is 0 Å². The molecule has 0 unspecified atom stereocenters. The molecule has 30 valence electrons. The summed E-state index contributed by atoms with van der Waals surface area (Å²) in [5.74, 6) is 0. The zero-order valence-corrected chi connectivity index (χ0v) is 3.92. The maximum Gasteiger partial charge on any atom is 0.241 e. The monoisotopic (exact) mass is 92.0 g/mol. The van der Waals surface area contributed by atoms with Crippen LogP contribution < -0.4 is 5.41 Å². The van der Waals surface area contributed by atoms with Gasteiger partial charge in [-0.15, -0.1) is 0 Å². The number of hydrogen-bond acceptors (Lipinski definition) is 0. The fourth-order valence-electron chi connectivity index (χ4n) is 0. The first-order valence-electron chi connectivity index (χ1n) is 1.54. The molecule has 0 bridgehead atoms. The van der Waals surface area contributed by atoms with Crippen molar-refractivity contribution in [1.82, 2.24) is 0 Å². The van der Waals surface area contributed by atoms with Gasteiger partial charge >= 0.3 is 0 Å². The van der Waals surface area contributed by atoms with Gasteiger partial charge in [-0.05, 0) is 11.6 Å². The summed E-state index contributed by atoms with van der Waals surface area (Å²) in [5.41, 5.74) is 0. The van der Waals surface area contributed by atoms with Crippen LogP contribution in [-0.2, 0) is 0 Å². The van der Waals surface area contributed by atoms with Crippen molar-refractivity contribution >= 4 is 16.8 Å². The summed E-state index contributed by atoms with van der Waals surface area (Å²) in [7, 11) is 0. The zero-order chi connectivity index (χ0) is 4.28. The van der Waals surface area contributed by atoms with Crippen LogP contribution in [0.1, 0.15) is 13.3 Å². The Morgan fingerprint density at radius 1 is 2.00 bits per heavy atom. The van der Waals surface area contributed by atoms with E-state index < -0.39 is 0 Å². The van der Waals surface area contributed by atoms with Crippen molar-refractivity contribution in [2.24, 2.45) is 0 Å². The van der Waals surface area contributed by atoms with Crippen LogP contribution in [0.4, 0.5) is 0 Å². The first-order valence-corrected chi connectivity index (χ1v) is 1.92. The lowest BCUT2D eigenvalue weighted by Gasteiger charge is -1.66. The van der Waals surface area contributed by atoms with Gasteiger partial charge in [0.15, 0.2) is 0 Å². The maximum atomic E-state index is 5.16. The maximum absolute atomic E-state index is 5.16. The van der Waals surface area contributed by atoms with Crippen molar-refractivity contribution in [2.45, 2.75) is 13.3 Å². The third-order valence-electron chi connectivity index (χ3n) is 0.338. The van der Waals surface area contributed by atoms with Crippen LogP contribution in [0.25, 0.3) is 0 Å². The van der Waals surface area contributed by atoms with E-state index in [0.717, 1.165) is 6.42 Å². The van der Waals surface area contributed by atoms with Crippen LogP contribution in [0.2, 0.25) is 0 Å². The Morgan fingerprint density at radius 3 is 2.20 bits per heavy atom. The first-order chi connectivity index (χ1) is 2.27. The minimum Gasteiger partial charge on any atom is -0.248 e. The topological polar surface area (TPSA) is 25.6 Å². The Bertz CT molecular complexity index is 42.2.